The van der Waals surface area contributed by atoms with Crippen molar-refractivity contribution in [2.75, 3.05) is 13.1 Å². The highest BCUT2D eigenvalue weighted by molar-refractivity contribution is 5.99. The molecule has 1 saturated heterocycles. The van der Waals surface area contributed by atoms with Crippen LogP contribution in [0, 0.1) is 11.7 Å². The second kappa shape index (κ2) is 10.8. The van der Waals surface area contributed by atoms with Crippen molar-refractivity contribution < 1.29 is 18.8 Å². The Kier molecular flexibility index (Phi) is 7.57. The maximum atomic E-state index is 13.8. The lowest BCUT2D eigenvalue weighted by Gasteiger charge is -2.32. The molecule has 2 aliphatic rings. The molecular formula is C26H31FN4O3. The smallest absolute Gasteiger partial charge is 0.264 e. The van der Waals surface area contributed by atoms with Gasteiger partial charge in [0, 0.05) is 37.7 Å². The van der Waals surface area contributed by atoms with E-state index in [1.165, 1.54) is 28.0 Å². The van der Waals surface area contributed by atoms with Crippen LogP contribution in [-0.4, -0.2) is 46.8 Å². The molecule has 0 radical (unpaired) electrons. The highest BCUT2D eigenvalue weighted by Crippen LogP contribution is 2.29. The minimum atomic E-state index is -1.07. The second-order valence-corrected chi connectivity index (χ2v) is 8.99. The van der Waals surface area contributed by atoms with Crippen molar-refractivity contribution in [3.63, 3.8) is 0 Å². The van der Waals surface area contributed by atoms with Gasteiger partial charge in [0.05, 0.1) is 0 Å². The first kappa shape index (κ1) is 23.9. The number of halogens is 1. The zero-order valence-electron chi connectivity index (χ0n) is 19.2. The van der Waals surface area contributed by atoms with Crippen molar-refractivity contribution in [3.8, 4) is 0 Å². The van der Waals surface area contributed by atoms with E-state index in [2.05, 4.69) is 5.32 Å². The van der Waals surface area contributed by atoms with Crippen LogP contribution in [-0.2, 0) is 22.7 Å². The summed E-state index contributed by atoms with van der Waals surface area (Å²) in [6, 6.07) is 13.0. The first-order valence-electron chi connectivity index (χ1n) is 11.9. The van der Waals surface area contributed by atoms with Gasteiger partial charge in [0.2, 0.25) is 5.91 Å². The molecule has 8 heteroatoms. The molecule has 1 atom stereocenters. The first-order chi connectivity index (χ1) is 16.5. The summed E-state index contributed by atoms with van der Waals surface area (Å²) >= 11 is 0. The number of carbonyl (C=O) groups excluding carboxylic acids is 3. The summed E-state index contributed by atoms with van der Waals surface area (Å²) in [6.07, 6.45) is 3.62. The van der Waals surface area contributed by atoms with Crippen LogP contribution in [0.4, 0.5) is 4.39 Å². The van der Waals surface area contributed by atoms with Gasteiger partial charge in [-0.25, -0.2) is 4.39 Å². The van der Waals surface area contributed by atoms with E-state index in [1.54, 1.807) is 0 Å². The topological polar surface area (TPSA) is 95.7 Å². The molecule has 3 N–H and O–H groups in total. The number of hydrogen-bond donors (Lipinski definition) is 2. The number of nitrogens with one attached hydrogen (secondary N) is 1. The van der Waals surface area contributed by atoms with E-state index < -0.39 is 23.8 Å². The van der Waals surface area contributed by atoms with Crippen LogP contribution in [0.3, 0.4) is 0 Å². The average molecular weight is 467 g/mol. The van der Waals surface area contributed by atoms with Crippen LogP contribution in [0.15, 0.2) is 48.5 Å². The monoisotopic (exact) mass is 466 g/mol. The van der Waals surface area contributed by atoms with Crippen molar-refractivity contribution in [2.24, 2.45) is 11.7 Å². The van der Waals surface area contributed by atoms with Crippen molar-refractivity contribution >= 4 is 17.7 Å². The molecule has 2 aromatic rings. The van der Waals surface area contributed by atoms with Crippen molar-refractivity contribution in [3.05, 3.63) is 71.0 Å². The van der Waals surface area contributed by atoms with Crippen LogP contribution in [0.5, 0.6) is 0 Å². The molecule has 2 fully saturated rings. The summed E-state index contributed by atoms with van der Waals surface area (Å²) in [5.74, 6) is -1.64. The van der Waals surface area contributed by atoms with Gasteiger partial charge in [0.25, 0.3) is 11.8 Å². The van der Waals surface area contributed by atoms with E-state index in [0.29, 0.717) is 6.54 Å². The predicted octanol–water partition coefficient (Wildman–Crippen LogP) is 2.79. The Hall–Kier alpha value is -3.26. The molecule has 7 nitrogen and oxygen atoms in total. The Bertz CT molecular complexity index is 1050. The molecule has 1 aliphatic heterocycles. The molecule has 2 aromatic carbocycles. The lowest BCUT2D eigenvalue weighted by molar-refractivity contribution is -0.145. The fraction of sp³-hybridized carbons (Fsp3) is 0.423. The summed E-state index contributed by atoms with van der Waals surface area (Å²) < 4.78 is 13.8. The van der Waals surface area contributed by atoms with Gasteiger partial charge in [-0.05, 0) is 42.2 Å². The number of nitrogens with zero attached hydrogens (tertiary/aromatic N) is 2. The zero-order valence-corrected chi connectivity index (χ0v) is 19.2. The zero-order chi connectivity index (χ0) is 24.1. The van der Waals surface area contributed by atoms with E-state index in [9.17, 15) is 18.8 Å². The Labute approximate surface area is 199 Å². The fourth-order valence-corrected chi connectivity index (χ4v) is 4.87. The van der Waals surface area contributed by atoms with Crippen LogP contribution < -0.4 is 11.1 Å². The summed E-state index contributed by atoms with van der Waals surface area (Å²) in [5, 5.41) is 2.89. The van der Waals surface area contributed by atoms with E-state index in [4.69, 9.17) is 5.73 Å². The Morgan fingerprint density at radius 1 is 0.941 bits per heavy atom. The Morgan fingerprint density at radius 2 is 1.65 bits per heavy atom. The van der Waals surface area contributed by atoms with Gasteiger partial charge in [0.15, 0.2) is 6.17 Å². The normalized spacial score (nSPS) is 18.7. The van der Waals surface area contributed by atoms with Gasteiger partial charge in [0.1, 0.15) is 5.82 Å². The van der Waals surface area contributed by atoms with Crippen molar-refractivity contribution in [2.45, 2.75) is 51.4 Å². The molecule has 180 valence electrons. The first-order valence-corrected chi connectivity index (χ1v) is 11.9. The number of hydrogen-bond acceptors (Lipinski definition) is 4. The largest absolute Gasteiger partial charge is 0.349 e. The third kappa shape index (κ3) is 5.28. The molecule has 4 rings (SSSR count). The summed E-state index contributed by atoms with van der Waals surface area (Å²) in [5.41, 5.74) is 7.69. The number of nitrogens with two attached hydrogens (primary N) is 1. The molecule has 1 saturated carbocycles. The minimum Gasteiger partial charge on any atom is -0.349 e. The van der Waals surface area contributed by atoms with Gasteiger partial charge < -0.3 is 20.9 Å². The number of rotatable bonds is 6. The van der Waals surface area contributed by atoms with Gasteiger partial charge in [-0.15, -0.1) is 0 Å². The molecule has 0 aromatic heterocycles. The van der Waals surface area contributed by atoms with Gasteiger partial charge in [-0.1, -0.05) is 49.6 Å². The van der Waals surface area contributed by atoms with Gasteiger partial charge >= 0.3 is 0 Å². The standard InChI is InChI=1S/C26H31FN4O3/c27-22-11-5-10-21(15-22)26(34)31-13-12-30(25(33)20-8-2-1-3-9-20)24(31)23(32)29-17-19-7-4-6-18(14-19)16-28/h4-7,10-11,14-15,20,24H,1-3,8-9,12-13,16-17,28H2,(H,29,32). The third-order valence-electron chi connectivity index (χ3n) is 6.67. The van der Waals surface area contributed by atoms with E-state index in [-0.39, 0.29) is 37.0 Å². The lowest BCUT2D eigenvalue weighted by atomic mass is 9.88. The maximum Gasteiger partial charge on any atom is 0.264 e. The summed E-state index contributed by atoms with van der Waals surface area (Å²) in [4.78, 5) is 42.9. The number of carbonyl (C=O) groups is 3. The summed E-state index contributed by atoms with van der Waals surface area (Å²) in [7, 11) is 0. The average Bonchev–Trinajstić information content (AvgIpc) is 3.32. The molecule has 1 unspecified atom stereocenters. The number of benzene rings is 2. The number of amides is 3. The SMILES string of the molecule is NCc1cccc(CNC(=O)C2N(C(=O)c3cccc(F)c3)CCN2C(=O)C2CCCCC2)c1. The van der Waals surface area contributed by atoms with Crippen LogP contribution in [0.2, 0.25) is 0 Å². The Balaban J connectivity index is 1.56. The van der Waals surface area contributed by atoms with Crippen LogP contribution in [0.1, 0.15) is 53.6 Å². The van der Waals surface area contributed by atoms with Crippen molar-refractivity contribution in [1.29, 1.82) is 0 Å². The minimum absolute atomic E-state index is 0.0838. The van der Waals surface area contributed by atoms with E-state index in [0.717, 1.165) is 49.3 Å². The molecule has 1 heterocycles. The molecule has 3 amide bonds. The second-order valence-electron chi connectivity index (χ2n) is 8.99. The van der Waals surface area contributed by atoms with E-state index in [1.807, 2.05) is 24.3 Å². The molecule has 34 heavy (non-hydrogen) atoms. The highest BCUT2D eigenvalue weighted by atomic mass is 19.1. The third-order valence-corrected chi connectivity index (χ3v) is 6.67. The van der Waals surface area contributed by atoms with Gasteiger partial charge in [-0.2, -0.15) is 0 Å². The molecule has 1 aliphatic carbocycles. The van der Waals surface area contributed by atoms with Crippen LogP contribution >= 0.6 is 0 Å². The fourth-order valence-electron chi connectivity index (χ4n) is 4.87. The predicted molar refractivity (Wildman–Crippen MR) is 126 cm³/mol. The lowest BCUT2D eigenvalue weighted by Crippen LogP contribution is -2.54. The maximum absolute atomic E-state index is 13.8. The molecule has 0 spiro atoms. The van der Waals surface area contributed by atoms with Crippen molar-refractivity contribution in [1.82, 2.24) is 15.1 Å². The van der Waals surface area contributed by atoms with E-state index >= 15 is 0 Å². The highest BCUT2D eigenvalue weighted by Gasteiger charge is 2.44. The van der Waals surface area contributed by atoms with Gasteiger partial charge in [-0.3, -0.25) is 14.4 Å². The quantitative estimate of drug-likeness (QED) is 0.684. The van der Waals surface area contributed by atoms with Crippen LogP contribution in [0.25, 0.3) is 0 Å². The Morgan fingerprint density at radius 3 is 2.38 bits per heavy atom. The molecular weight excluding hydrogens is 435 g/mol. The molecule has 0 bridgehead atoms. The summed E-state index contributed by atoms with van der Waals surface area (Å²) in [6.45, 7) is 1.13.